The topological polar surface area (TPSA) is 115 Å². The highest BCUT2D eigenvalue weighted by Crippen LogP contribution is 2.24. The molecule has 1 aliphatic heterocycles. The summed E-state index contributed by atoms with van der Waals surface area (Å²) in [7, 11) is -3.24. The van der Waals surface area contributed by atoms with E-state index in [-0.39, 0.29) is 17.5 Å². The molecular weight excluding hydrogens is 392 g/mol. The first-order valence-corrected chi connectivity index (χ1v) is 11.2. The zero-order valence-corrected chi connectivity index (χ0v) is 16.6. The van der Waals surface area contributed by atoms with E-state index in [0.29, 0.717) is 42.0 Å². The predicted octanol–water partition coefficient (Wildman–Crippen LogP) is 1.73. The molecule has 1 fully saturated rings. The first-order valence-electron chi connectivity index (χ1n) is 8.52. The average molecular weight is 412 g/mol. The number of sulfonamides is 1. The van der Waals surface area contributed by atoms with Gasteiger partial charge in [0.15, 0.2) is 4.80 Å². The van der Waals surface area contributed by atoms with Crippen LogP contribution in [0.15, 0.2) is 23.2 Å². The van der Waals surface area contributed by atoms with Crippen LogP contribution in [-0.4, -0.2) is 47.5 Å². The van der Waals surface area contributed by atoms with Crippen LogP contribution in [0.4, 0.5) is 5.69 Å². The van der Waals surface area contributed by atoms with Gasteiger partial charge in [-0.05, 0) is 25.8 Å². The maximum absolute atomic E-state index is 12.6. The van der Waals surface area contributed by atoms with E-state index in [1.165, 1.54) is 34.0 Å². The normalized spacial score (nSPS) is 17.5. The molecule has 1 amide bonds. The second-order valence-electron chi connectivity index (χ2n) is 6.42. The number of nitro benzene ring substituents is 1. The molecule has 0 spiro atoms. The highest BCUT2D eigenvalue weighted by atomic mass is 32.2. The smallest absolute Gasteiger partial charge is 0.270 e. The van der Waals surface area contributed by atoms with Gasteiger partial charge < -0.3 is 4.57 Å². The minimum atomic E-state index is -3.24. The van der Waals surface area contributed by atoms with Gasteiger partial charge in [0.1, 0.15) is 0 Å². The van der Waals surface area contributed by atoms with Gasteiger partial charge in [-0.15, -0.1) is 0 Å². The fraction of sp³-hybridized carbons (Fsp3) is 0.500. The summed E-state index contributed by atoms with van der Waals surface area (Å²) in [5.74, 6) is -0.584. The summed E-state index contributed by atoms with van der Waals surface area (Å²) in [4.78, 5) is 27.9. The molecule has 3 rings (SSSR count). The summed E-state index contributed by atoms with van der Waals surface area (Å²) >= 11 is 1.24. The quantitative estimate of drug-likeness (QED) is 0.560. The molecule has 11 heteroatoms. The Labute approximate surface area is 160 Å². The molecular formula is C16H20N4O5S2. The second kappa shape index (κ2) is 7.49. The van der Waals surface area contributed by atoms with Crippen LogP contribution in [0.2, 0.25) is 0 Å². The zero-order chi connectivity index (χ0) is 19.8. The van der Waals surface area contributed by atoms with Crippen molar-refractivity contribution in [2.75, 3.05) is 19.3 Å². The Bertz CT molecular complexity index is 1060. The standard InChI is InChI=1S/C16H20N4O5S2/c1-3-19-13-5-4-12(20(22)23)10-14(13)26-16(19)17-15(21)11-6-8-18(9-7-11)27(2,24)25/h4-5,10-11H,3,6-9H2,1-2H3. The molecule has 0 aliphatic carbocycles. The summed E-state index contributed by atoms with van der Waals surface area (Å²) in [6.45, 7) is 3.13. The third-order valence-electron chi connectivity index (χ3n) is 4.67. The van der Waals surface area contributed by atoms with Gasteiger partial charge in [0, 0.05) is 37.7 Å². The third-order valence-corrected chi connectivity index (χ3v) is 7.02. The number of hydrogen-bond donors (Lipinski definition) is 0. The number of aromatic nitrogens is 1. The van der Waals surface area contributed by atoms with Gasteiger partial charge in [-0.25, -0.2) is 12.7 Å². The number of nitro groups is 1. The molecule has 0 saturated carbocycles. The molecule has 0 unspecified atom stereocenters. The molecule has 1 aliphatic rings. The Morgan fingerprint density at radius 2 is 2.04 bits per heavy atom. The Morgan fingerprint density at radius 3 is 2.59 bits per heavy atom. The van der Waals surface area contributed by atoms with E-state index in [1.807, 2.05) is 11.5 Å². The van der Waals surface area contributed by atoms with Crippen molar-refractivity contribution in [3.8, 4) is 0 Å². The summed E-state index contributed by atoms with van der Waals surface area (Å²) in [6, 6.07) is 4.59. The molecule has 0 bridgehead atoms. The molecule has 2 aromatic rings. The van der Waals surface area contributed by atoms with E-state index in [0.717, 1.165) is 5.52 Å². The molecule has 1 aromatic carbocycles. The number of carbonyl (C=O) groups excluding carboxylic acids is 1. The predicted molar refractivity (Wildman–Crippen MR) is 102 cm³/mol. The summed E-state index contributed by atoms with van der Waals surface area (Å²) in [5, 5.41) is 11.0. The minimum Gasteiger partial charge on any atom is -0.317 e. The lowest BCUT2D eigenvalue weighted by atomic mass is 9.98. The Morgan fingerprint density at radius 1 is 1.37 bits per heavy atom. The fourth-order valence-electron chi connectivity index (χ4n) is 3.19. The van der Waals surface area contributed by atoms with Gasteiger partial charge in [-0.3, -0.25) is 14.9 Å². The fourth-order valence-corrected chi connectivity index (χ4v) is 5.19. The monoisotopic (exact) mass is 412 g/mol. The number of carbonyl (C=O) groups is 1. The Kier molecular flexibility index (Phi) is 5.45. The molecule has 0 atom stereocenters. The van der Waals surface area contributed by atoms with Crippen LogP contribution in [0.3, 0.4) is 0 Å². The van der Waals surface area contributed by atoms with Gasteiger partial charge in [-0.1, -0.05) is 11.3 Å². The number of amides is 1. The van der Waals surface area contributed by atoms with Gasteiger partial charge in [-0.2, -0.15) is 4.99 Å². The maximum atomic E-state index is 12.6. The van der Waals surface area contributed by atoms with Crippen LogP contribution in [0.25, 0.3) is 10.2 Å². The van der Waals surface area contributed by atoms with Gasteiger partial charge >= 0.3 is 0 Å². The summed E-state index contributed by atoms with van der Waals surface area (Å²) in [5.41, 5.74) is 0.796. The van der Waals surface area contributed by atoms with Crippen molar-refractivity contribution >= 4 is 43.2 Å². The molecule has 0 N–H and O–H groups in total. The number of benzene rings is 1. The van der Waals surface area contributed by atoms with Gasteiger partial charge in [0.25, 0.3) is 11.6 Å². The van der Waals surface area contributed by atoms with Crippen molar-refractivity contribution in [3.05, 3.63) is 33.1 Å². The van der Waals surface area contributed by atoms with E-state index < -0.39 is 14.9 Å². The zero-order valence-electron chi connectivity index (χ0n) is 15.0. The SMILES string of the molecule is CCn1c(=NC(=O)C2CCN(S(C)(=O)=O)CC2)sc2cc([N+](=O)[O-])ccc21. The molecule has 27 heavy (non-hydrogen) atoms. The average Bonchev–Trinajstić information content (AvgIpc) is 2.96. The molecule has 9 nitrogen and oxygen atoms in total. The second-order valence-corrected chi connectivity index (χ2v) is 9.42. The number of aryl methyl sites for hydroxylation is 1. The van der Waals surface area contributed by atoms with E-state index in [4.69, 9.17) is 0 Å². The van der Waals surface area contributed by atoms with Gasteiger partial charge in [0.2, 0.25) is 10.0 Å². The van der Waals surface area contributed by atoms with Crippen molar-refractivity contribution in [1.82, 2.24) is 8.87 Å². The van der Waals surface area contributed by atoms with Crippen molar-refractivity contribution in [2.24, 2.45) is 10.9 Å². The van der Waals surface area contributed by atoms with E-state index in [1.54, 1.807) is 6.07 Å². The summed E-state index contributed by atoms with van der Waals surface area (Å²) in [6.07, 6.45) is 2.05. The summed E-state index contributed by atoms with van der Waals surface area (Å²) < 4.78 is 27.1. The molecule has 0 radical (unpaired) electrons. The lowest BCUT2D eigenvalue weighted by molar-refractivity contribution is -0.384. The number of rotatable bonds is 4. The molecule has 1 aromatic heterocycles. The van der Waals surface area contributed by atoms with Crippen LogP contribution in [-0.2, 0) is 21.4 Å². The number of piperidine rings is 1. The number of nitrogens with zero attached hydrogens (tertiary/aromatic N) is 4. The van der Waals surface area contributed by atoms with Crippen LogP contribution in [0, 0.1) is 16.0 Å². The number of thiazole rings is 1. The first kappa shape index (κ1) is 19.6. The largest absolute Gasteiger partial charge is 0.317 e. The van der Waals surface area contributed by atoms with Crippen LogP contribution in [0.5, 0.6) is 0 Å². The molecule has 2 heterocycles. The van der Waals surface area contributed by atoms with Crippen molar-refractivity contribution in [3.63, 3.8) is 0 Å². The van der Waals surface area contributed by atoms with Crippen molar-refractivity contribution in [2.45, 2.75) is 26.3 Å². The van der Waals surface area contributed by atoms with Gasteiger partial charge in [0.05, 0.1) is 21.4 Å². The van der Waals surface area contributed by atoms with E-state index in [2.05, 4.69) is 4.99 Å². The number of non-ortho nitro benzene ring substituents is 1. The maximum Gasteiger partial charge on any atom is 0.270 e. The van der Waals surface area contributed by atoms with Crippen molar-refractivity contribution in [1.29, 1.82) is 0 Å². The molecule has 146 valence electrons. The van der Waals surface area contributed by atoms with Crippen LogP contribution >= 0.6 is 11.3 Å². The minimum absolute atomic E-state index is 0.00183. The van der Waals surface area contributed by atoms with Crippen LogP contribution < -0.4 is 4.80 Å². The first-order chi connectivity index (χ1) is 12.7. The third kappa shape index (κ3) is 4.09. The lowest BCUT2D eigenvalue weighted by Crippen LogP contribution is -2.39. The Hall–Kier alpha value is -2.11. The number of hydrogen-bond acceptors (Lipinski definition) is 6. The van der Waals surface area contributed by atoms with Crippen molar-refractivity contribution < 1.29 is 18.1 Å². The highest BCUT2D eigenvalue weighted by Gasteiger charge is 2.29. The number of fused-ring (bicyclic) bond motifs is 1. The molecule has 1 saturated heterocycles. The highest BCUT2D eigenvalue weighted by molar-refractivity contribution is 7.88. The van der Waals surface area contributed by atoms with Crippen LogP contribution in [0.1, 0.15) is 19.8 Å². The van der Waals surface area contributed by atoms with E-state index in [9.17, 15) is 23.3 Å². The lowest BCUT2D eigenvalue weighted by Gasteiger charge is -2.28. The Balaban J connectivity index is 1.89. The van der Waals surface area contributed by atoms with E-state index >= 15 is 0 Å².